The van der Waals surface area contributed by atoms with Crippen molar-refractivity contribution in [2.75, 3.05) is 25.6 Å². The van der Waals surface area contributed by atoms with Gasteiger partial charge in [-0.25, -0.2) is 13.4 Å². The van der Waals surface area contributed by atoms with Crippen LogP contribution in [0.2, 0.25) is 0 Å². The topological polar surface area (TPSA) is 83.4 Å². The third-order valence-electron chi connectivity index (χ3n) is 3.43. The molecule has 1 aromatic heterocycles. The highest BCUT2D eigenvalue weighted by atomic mass is 127. The maximum Gasteiger partial charge on any atom is 0.191 e. The molecule has 1 aromatic rings. The van der Waals surface area contributed by atoms with E-state index in [9.17, 15) is 8.42 Å². The summed E-state index contributed by atoms with van der Waals surface area (Å²) in [5.74, 6) is 0.867. The van der Waals surface area contributed by atoms with Crippen LogP contribution in [0.1, 0.15) is 35.8 Å². The van der Waals surface area contributed by atoms with Crippen LogP contribution in [0.25, 0.3) is 0 Å². The second-order valence-electron chi connectivity index (χ2n) is 5.68. The van der Waals surface area contributed by atoms with Gasteiger partial charge in [-0.05, 0) is 26.7 Å². The summed E-state index contributed by atoms with van der Waals surface area (Å²) in [5.41, 5.74) is 1.18. The Balaban J connectivity index is 0.00000529. The van der Waals surface area contributed by atoms with Crippen LogP contribution in [0.15, 0.2) is 4.99 Å². The molecule has 0 radical (unpaired) electrons. The lowest BCUT2D eigenvalue weighted by Crippen LogP contribution is -2.43. The fourth-order valence-corrected chi connectivity index (χ4v) is 3.90. The van der Waals surface area contributed by atoms with Gasteiger partial charge in [0.05, 0.1) is 16.5 Å². The summed E-state index contributed by atoms with van der Waals surface area (Å²) >= 11 is 1.74. The van der Waals surface area contributed by atoms with E-state index in [1.54, 1.807) is 18.4 Å². The number of aromatic nitrogens is 1. The highest BCUT2D eigenvalue weighted by Gasteiger charge is 2.10. The number of guanidine groups is 1. The first-order valence-electron chi connectivity index (χ1n) is 7.85. The Kier molecular flexibility index (Phi) is 11.0. The Hall–Kier alpha value is -0.420. The third-order valence-corrected chi connectivity index (χ3v) is 5.48. The molecule has 0 saturated carbocycles. The normalized spacial score (nSPS) is 13.3. The lowest BCUT2D eigenvalue weighted by Gasteiger charge is -2.17. The predicted molar refractivity (Wildman–Crippen MR) is 114 cm³/mol. The van der Waals surface area contributed by atoms with Gasteiger partial charge in [-0.1, -0.05) is 6.92 Å². The molecule has 140 valence electrons. The van der Waals surface area contributed by atoms with E-state index >= 15 is 0 Å². The molecule has 1 rings (SSSR count). The van der Waals surface area contributed by atoms with Crippen molar-refractivity contribution in [3.05, 3.63) is 15.6 Å². The van der Waals surface area contributed by atoms with Gasteiger partial charge in [-0.2, -0.15) is 0 Å². The Morgan fingerprint density at radius 1 is 1.42 bits per heavy atom. The fraction of sp³-hybridized carbons (Fsp3) is 0.733. The van der Waals surface area contributed by atoms with Crippen LogP contribution >= 0.6 is 35.3 Å². The number of aliphatic imine (C=N–C) groups is 1. The first-order valence-corrected chi connectivity index (χ1v) is 10.7. The van der Waals surface area contributed by atoms with Crippen LogP contribution in [-0.4, -0.2) is 51.0 Å². The van der Waals surface area contributed by atoms with E-state index in [1.807, 2.05) is 6.92 Å². The molecule has 1 unspecified atom stereocenters. The first-order chi connectivity index (χ1) is 10.7. The van der Waals surface area contributed by atoms with Gasteiger partial charge in [-0.15, -0.1) is 35.3 Å². The summed E-state index contributed by atoms with van der Waals surface area (Å²) in [5, 5.41) is 7.59. The van der Waals surface area contributed by atoms with Crippen molar-refractivity contribution in [1.82, 2.24) is 15.6 Å². The number of aryl methyl sites for hydroxylation is 2. The van der Waals surface area contributed by atoms with Gasteiger partial charge >= 0.3 is 0 Å². The zero-order chi connectivity index (χ0) is 17.5. The molecule has 9 heteroatoms. The van der Waals surface area contributed by atoms with Crippen LogP contribution < -0.4 is 10.6 Å². The standard InChI is InChI=1S/C15H28N4O2S2.HI/c1-6-13-12(3)22-14(19-13)7-9-17-15(16-4)18-11(2)8-10-23(5,20)21;/h11H,6-10H2,1-5H3,(H2,16,17,18);1H. The maximum absolute atomic E-state index is 11.2. The number of sulfone groups is 1. The van der Waals surface area contributed by atoms with Gasteiger partial charge in [0.2, 0.25) is 0 Å². The molecular weight excluding hydrogens is 459 g/mol. The molecule has 0 aliphatic rings. The Bertz CT molecular complexity index is 629. The molecule has 0 bridgehead atoms. The molecule has 0 aromatic carbocycles. The second-order valence-corrected chi connectivity index (χ2v) is 9.22. The van der Waals surface area contributed by atoms with E-state index in [4.69, 9.17) is 0 Å². The number of hydrogen-bond acceptors (Lipinski definition) is 5. The number of nitrogens with one attached hydrogen (secondary N) is 2. The smallest absolute Gasteiger partial charge is 0.191 e. The van der Waals surface area contributed by atoms with Crippen LogP contribution in [0.4, 0.5) is 0 Å². The fourth-order valence-electron chi connectivity index (χ4n) is 2.10. The molecule has 24 heavy (non-hydrogen) atoms. The summed E-state index contributed by atoms with van der Waals surface area (Å²) < 4.78 is 22.4. The van der Waals surface area contributed by atoms with Gasteiger partial charge in [0, 0.05) is 37.2 Å². The van der Waals surface area contributed by atoms with Crippen molar-refractivity contribution in [2.45, 2.75) is 46.1 Å². The van der Waals surface area contributed by atoms with Crippen molar-refractivity contribution < 1.29 is 8.42 Å². The number of rotatable bonds is 8. The van der Waals surface area contributed by atoms with Crippen molar-refractivity contribution in [3.8, 4) is 0 Å². The SMILES string of the molecule is CCc1nc(CCNC(=NC)NC(C)CCS(C)(=O)=O)sc1C.I. The van der Waals surface area contributed by atoms with E-state index in [0.29, 0.717) is 12.4 Å². The second kappa shape index (κ2) is 11.2. The average molecular weight is 488 g/mol. The van der Waals surface area contributed by atoms with E-state index < -0.39 is 9.84 Å². The average Bonchev–Trinajstić information content (AvgIpc) is 2.83. The van der Waals surface area contributed by atoms with Gasteiger partial charge < -0.3 is 10.6 Å². The summed E-state index contributed by atoms with van der Waals surface area (Å²) in [6, 6.07) is 0.0460. The molecular formula is C15H29IN4O2S2. The first kappa shape index (κ1) is 23.6. The van der Waals surface area contributed by atoms with Gasteiger partial charge in [-0.3, -0.25) is 4.99 Å². The van der Waals surface area contributed by atoms with Crippen LogP contribution in [0, 0.1) is 6.92 Å². The van der Waals surface area contributed by atoms with Crippen molar-refractivity contribution >= 4 is 51.1 Å². The quantitative estimate of drug-likeness (QED) is 0.333. The monoisotopic (exact) mass is 488 g/mol. The summed E-state index contributed by atoms with van der Waals surface area (Å²) in [7, 11) is -1.22. The van der Waals surface area contributed by atoms with Crippen LogP contribution in [0.5, 0.6) is 0 Å². The molecule has 0 spiro atoms. The van der Waals surface area contributed by atoms with Crippen molar-refractivity contribution in [1.29, 1.82) is 0 Å². The van der Waals surface area contributed by atoms with E-state index in [0.717, 1.165) is 24.4 Å². The Morgan fingerprint density at radius 3 is 2.58 bits per heavy atom. The molecule has 0 aliphatic heterocycles. The lowest BCUT2D eigenvalue weighted by atomic mass is 10.3. The predicted octanol–water partition coefficient (Wildman–Crippen LogP) is 2.16. The minimum absolute atomic E-state index is 0. The largest absolute Gasteiger partial charge is 0.356 e. The van der Waals surface area contributed by atoms with E-state index in [1.165, 1.54) is 16.8 Å². The van der Waals surface area contributed by atoms with Crippen molar-refractivity contribution in [3.63, 3.8) is 0 Å². The molecule has 6 nitrogen and oxygen atoms in total. The number of hydrogen-bond donors (Lipinski definition) is 2. The van der Waals surface area contributed by atoms with Gasteiger partial charge in [0.25, 0.3) is 0 Å². The number of thiazole rings is 1. The minimum atomic E-state index is -2.93. The molecule has 0 fully saturated rings. The zero-order valence-electron chi connectivity index (χ0n) is 15.0. The highest BCUT2D eigenvalue weighted by molar-refractivity contribution is 14.0. The molecule has 2 N–H and O–H groups in total. The third kappa shape index (κ3) is 9.16. The van der Waals surface area contributed by atoms with E-state index in [-0.39, 0.29) is 35.8 Å². The molecule has 0 aliphatic carbocycles. The van der Waals surface area contributed by atoms with Crippen molar-refractivity contribution in [2.24, 2.45) is 4.99 Å². The summed E-state index contributed by atoms with van der Waals surface area (Å²) in [6.07, 6.45) is 3.64. The van der Waals surface area contributed by atoms with Gasteiger partial charge in [0.15, 0.2) is 5.96 Å². The Morgan fingerprint density at radius 2 is 2.08 bits per heavy atom. The summed E-state index contributed by atoms with van der Waals surface area (Å²) in [6.45, 7) is 6.93. The Labute approximate surface area is 166 Å². The van der Waals surface area contributed by atoms with Gasteiger partial charge in [0.1, 0.15) is 9.84 Å². The lowest BCUT2D eigenvalue weighted by molar-refractivity contribution is 0.581. The number of halogens is 1. The molecule has 1 heterocycles. The highest BCUT2D eigenvalue weighted by Crippen LogP contribution is 2.17. The minimum Gasteiger partial charge on any atom is -0.356 e. The van der Waals surface area contributed by atoms with E-state index in [2.05, 4.69) is 34.5 Å². The molecule has 0 amide bonds. The van der Waals surface area contributed by atoms with Crippen LogP contribution in [0.3, 0.4) is 0 Å². The van der Waals surface area contributed by atoms with Crippen LogP contribution in [-0.2, 0) is 22.7 Å². The maximum atomic E-state index is 11.2. The molecule has 0 saturated heterocycles. The zero-order valence-corrected chi connectivity index (χ0v) is 19.0. The number of nitrogens with zero attached hydrogens (tertiary/aromatic N) is 2. The molecule has 1 atom stereocenters. The summed E-state index contributed by atoms with van der Waals surface area (Å²) in [4.78, 5) is 10.1.